The minimum absolute atomic E-state index is 0. The van der Waals surface area contributed by atoms with Gasteiger partial charge in [0.1, 0.15) is 5.75 Å². The number of guanidine groups is 1. The Balaban J connectivity index is 0.00000261. The maximum atomic E-state index is 9.91. The first kappa shape index (κ1) is 21.1. The van der Waals surface area contributed by atoms with E-state index in [1.54, 1.807) is 12.1 Å². The second-order valence-corrected chi connectivity index (χ2v) is 6.07. The van der Waals surface area contributed by atoms with Gasteiger partial charge in [-0.15, -0.1) is 24.0 Å². The maximum absolute atomic E-state index is 9.91. The van der Waals surface area contributed by atoms with Gasteiger partial charge < -0.3 is 25.2 Å². The molecule has 1 unspecified atom stereocenters. The molecule has 3 rings (SSSR count). The molecule has 0 amide bonds. The monoisotopic (exact) mass is 483 g/mol. The standard InChI is InChI=1S/C20H25N3O3.HI/c1-3-21-20(22-13-14-8-9-19(25-2)17(24)12-14)23-16-10-11-26-18-7-5-4-6-15(16)18;/h4-9,12,16,24H,3,10-11,13H2,1-2H3,(H2,21,22,23);1H. The van der Waals surface area contributed by atoms with Gasteiger partial charge in [-0.2, -0.15) is 0 Å². The molecule has 0 fully saturated rings. The van der Waals surface area contributed by atoms with E-state index in [0.29, 0.717) is 18.9 Å². The van der Waals surface area contributed by atoms with Gasteiger partial charge in [0.15, 0.2) is 17.5 Å². The Kier molecular flexibility index (Phi) is 8.02. The number of phenols is 1. The number of nitrogens with one attached hydrogen (secondary N) is 2. The number of nitrogens with zero attached hydrogens (tertiary/aromatic N) is 1. The summed E-state index contributed by atoms with van der Waals surface area (Å²) in [6.45, 7) is 3.94. The molecular formula is C20H26IN3O3. The Morgan fingerprint density at radius 2 is 2.11 bits per heavy atom. The minimum Gasteiger partial charge on any atom is -0.504 e. The first-order chi connectivity index (χ1) is 12.7. The zero-order valence-corrected chi connectivity index (χ0v) is 17.9. The summed E-state index contributed by atoms with van der Waals surface area (Å²) >= 11 is 0. The van der Waals surface area contributed by atoms with Crippen LogP contribution in [0.4, 0.5) is 0 Å². The summed E-state index contributed by atoms with van der Waals surface area (Å²) in [4.78, 5) is 4.65. The molecule has 0 saturated carbocycles. The molecule has 3 N–H and O–H groups in total. The van der Waals surface area contributed by atoms with E-state index in [9.17, 15) is 5.11 Å². The fourth-order valence-electron chi connectivity index (χ4n) is 2.98. The molecule has 0 saturated heterocycles. The van der Waals surface area contributed by atoms with Crippen LogP contribution in [0, 0.1) is 0 Å². The topological polar surface area (TPSA) is 75.1 Å². The molecule has 7 heteroatoms. The molecule has 146 valence electrons. The number of fused-ring (bicyclic) bond motifs is 1. The molecule has 0 radical (unpaired) electrons. The fraction of sp³-hybridized carbons (Fsp3) is 0.350. The smallest absolute Gasteiger partial charge is 0.192 e. The Labute approximate surface area is 177 Å². The highest BCUT2D eigenvalue weighted by atomic mass is 127. The van der Waals surface area contributed by atoms with E-state index >= 15 is 0 Å². The zero-order valence-electron chi connectivity index (χ0n) is 15.6. The summed E-state index contributed by atoms with van der Waals surface area (Å²) in [5.41, 5.74) is 2.05. The Morgan fingerprint density at radius 1 is 1.30 bits per heavy atom. The molecule has 2 aromatic carbocycles. The SMILES string of the molecule is CCNC(=NCc1ccc(OC)c(O)c1)NC1CCOc2ccccc21.I. The molecule has 0 bridgehead atoms. The van der Waals surface area contributed by atoms with E-state index in [2.05, 4.69) is 21.7 Å². The predicted molar refractivity (Wildman–Crippen MR) is 117 cm³/mol. The van der Waals surface area contributed by atoms with Crippen molar-refractivity contribution in [1.82, 2.24) is 10.6 Å². The number of ether oxygens (including phenoxy) is 2. The van der Waals surface area contributed by atoms with Gasteiger partial charge in [0.2, 0.25) is 0 Å². The summed E-state index contributed by atoms with van der Waals surface area (Å²) < 4.78 is 10.8. The number of para-hydroxylation sites is 1. The first-order valence-corrected chi connectivity index (χ1v) is 8.83. The number of benzene rings is 2. The van der Waals surface area contributed by atoms with Crippen LogP contribution in [0.15, 0.2) is 47.5 Å². The number of rotatable bonds is 5. The summed E-state index contributed by atoms with van der Waals surface area (Å²) in [5, 5.41) is 16.7. The Morgan fingerprint density at radius 3 is 2.85 bits per heavy atom. The Bertz CT molecular complexity index is 783. The lowest BCUT2D eigenvalue weighted by molar-refractivity contribution is 0.261. The van der Waals surface area contributed by atoms with Crippen LogP contribution in [0.1, 0.15) is 30.5 Å². The third-order valence-electron chi connectivity index (χ3n) is 4.28. The van der Waals surface area contributed by atoms with Gasteiger partial charge in [-0.05, 0) is 30.7 Å². The molecule has 6 nitrogen and oxygen atoms in total. The third kappa shape index (κ3) is 5.41. The molecule has 27 heavy (non-hydrogen) atoms. The normalized spacial score (nSPS) is 15.8. The summed E-state index contributed by atoms with van der Waals surface area (Å²) in [6.07, 6.45) is 0.880. The molecule has 0 aliphatic carbocycles. The highest BCUT2D eigenvalue weighted by molar-refractivity contribution is 14.0. The lowest BCUT2D eigenvalue weighted by Crippen LogP contribution is -2.41. The first-order valence-electron chi connectivity index (χ1n) is 8.83. The zero-order chi connectivity index (χ0) is 18.4. The number of phenolic OH excluding ortho intramolecular Hbond substituents is 1. The van der Waals surface area contributed by atoms with Gasteiger partial charge in [0.25, 0.3) is 0 Å². The lowest BCUT2D eigenvalue weighted by atomic mass is 10.0. The van der Waals surface area contributed by atoms with E-state index in [4.69, 9.17) is 9.47 Å². The van der Waals surface area contributed by atoms with Crippen LogP contribution in [0.2, 0.25) is 0 Å². The van der Waals surface area contributed by atoms with E-state index in [0.717, 1.165) is 35.8 Å². The van der Waals surface area contributed by atoms with Crippen molar-refractivity contribution in [2.24, 2.45) is 4.99 Å². The predicted octanol–water partition coefficient (Wildman–Crippen LogP) is 3.60. The maximum Gasteiger partial charge on any atom is 0.192 e. The number of aromatic hydroxyl groups is 1. The quantitative estimate of drug-likeness (QED) is 0.345. The third-order valence-corrected chi connectivity index (χ3v) is 4.28. The van der Waals surface area contributed by atoms with Crippen molar-refractivity contribution in [1.29, 1.82) is 0 Å². The number of hydrogen-bond acceptors (Lipinski definition) is 4. The van der Waals surface area contributed by atoms with E-state index in [1.807, 2.05) is 31.2 Å². The average Bonchev–Trinajstić information content (AvgIpc) is 2.66. The minimum atomic E-state index is 0. The van der Waals surface area contributed by atoms with E-state index in [1.165, 1.54) is 7.11 Å². The van der Waals surface area contributed by atoms with Crippen LogP contribution >= 0.6 is 24.0 Å². The molecule has 0 aromatic heterocycles. The number of methoxy groups -OCH3 is 1. The van der Waals surface area contributed by atoms with Gasteiger partial charge >= 0.3 is 0 Å². The number of halogens is 1. The Hall–Kier alpha value is -2.16. The highest BCUT2D eigenvalue weighted by Gasteiger charge is 2.21. The summed E-state index contributed by atoms with van der Waals surface area (Å²) in [5.74, 6) is 2.25. The van der Waals surface area contributed by atoms with Crippen LogP contribution < -0.4 is 20.1 Å². The van der Waals surface area contributed by atoms with Crippen LogP contribution in [-0.2, 0) is 6.54 Å². The van der Waals surface area contributed by atoms with Crippen LogP contribution in [0.25, 0.3) is 0 Å². The van der Waals surface area contributed by atoms with Crippen LogP contribution in [0.5, 0.6) is 17.2 Å². The largest absolute Gasteiger partial charge is 0.504 e. The van der Waals surface area contributed by atoms with Crippen LogP contribution in [-0.4, -0.2) is 31.3 Å². The van der Waals surface area contributed by atoms with Crippen molar-refractivity contribution < 1.29 is 14.6 Å². The van der Waals surface area contributed by atoms with Crippen molar-refractivity contribution in [3.05, 3.63) is 53.6 Å². The van der Waals surface area contributed by atoms with Crippen molar-refractivity contribution >= 4 is 29.9 Å². The van der Waals surface area contributed by atoms with Crippen LogP contribution in [0.3, 0.4) is 0 Å². The molecule has 0 spiro atoms. The van der Waals surface area contributed by atoms with Gasteiger partial charge in [-0.25, -0.2) is 4.99 Å². The van der Waals surface area contributed by atoms with Gasteiger partial charge in [0, 0.05) is 18.5 Å². The van der Waals surface area contributed by atoms with E-state index in [-0.39, 0.29) is 35.8 Å². The lowest BCUT2D eigenvalue weighted by Gasteiger charge is -2.28. The van der Waals surface area contributed by atoms with Crippen molar-refractivity contribution in [2.75, 3.05) is 20.3 Å². The summed E-state index contributed by atoms with van der Waals surface area (Å²) in [6, 6.07) is 13.6. The van der Waals surface area contributed by atoms with Gasteiger partial charge in [-0.3, -0.25) is 0 Å². The second kappa shape index (κ2) is 10.2. The fourth-order valence-corrected chi connectivity index (χ4v) is 2.98. The van der Waals surface area contributed by atoms with Crippen molar-refractivity contribution in [3.8, 4) is 17.2 Å². The van der Waals surface area contributed by atoms with Crippen molar-refractivity contribution in [2.45, 2.75) is 25.9 Å². The highest BCUT2D eigenvalue weighted by Crippen LogP contribution is 2.31. The molecule has 2 aromatic rings. The molecule has 1 heterocycles. The van der Waals surface area contributed by atoms with Gasteiger partial charge in [-0.1, -0.05) is 24.3 Å². The van der Waals surface area contributed by atoms with Gasteiger partial charge in [0.05, 0.1) is 26.3 Å². The average molecular weight is 483 g/mol. The molecule has 1 aliphatic rings. The number of aliphatic imine (C=N–C) groups is 1. The molecule has 1 atom stereocenters. The number of hydrogen-bond donors (Lipinski definition) is 3. The molecule has 1 aliphatic heterocycles. The van der Waals surface area contributed by atoms with Crippen molar-refractivity contribution in [3.63, 3.8) is 0 Å². The van der Waals surface area contributed by atoms with E-state index < -0.39 is 0 Å². The summed E-state index contributed by atoms with van der Waals surface area (Å²) in [7, 11) is 1.53. The molecular weight excluding hydrogens is 457 g/mol. The second-order valence-electron chi connectivity index (χ2n) is 6.07.